The predicted octanol–water partition coefficient (Wildman–Crippen LogP) is 5.70. The molecule has 174 valence electrons. The van der Waals surface area contributed by atoms with Crippen molar-refractivity contribution in [1.82, 2.24) is 0 Å². The maximum atomic E-state index is 9.64. The van der Waals surface area contributed by atoms with Gasteiger partial charge in [0.15, 0.2) is 5.71 Å². The molecule has 33 heavy (non-hydrogen) atoms. The minimum absolute atomic E-state index is 0.584. The molecule has 0 bridgehead atoms. The number of benzene rings is 2. The predicted molar refractivity (Wildman–Crippen MR) is 142 cm³/mol. The van der Waals surface area contributed by atoms with Crippen molar-refractivity contribution in [2.24, 2.45) is 0 Å². The lowest BCUT2D eigenvalue weighted by molar-refractivity contribution is -0.519. The Labute approximate surface area is 199 Å². The molecule has 0 spiro atoms. The van der Waals surface area contributed by atoms with Gasteiger partial charge in [-0.15, -0.1) is 0 Å². The highest BCUT2D eigenvalue weighted by atomic mass is 16.3. The van der Waals surface area contributed by atoms with E-state index in [1.54, 1.807) is 6.92 Å². The number of hydrogen-bond acceptors (Lipinski definition) is 3. The highest BCUT2D eigenvalue weighted by Crippen LogP contribution is 2.31. The van der Waals surface area contributed by atoms with Crippen molar-refractivity contribution in [2.45, 2.75) is 40.8 Å². The SMILES string of the molecule is CCN(CC)c1ccc(C(=C2C=CC(=[N+](CC)CC)C=C2)c2ccc(NC(C)O)cc2)cc1. The van der Waals surface area contributed by atoms with Crippen LogP contribution in [0.5, 0.6) is 0 Å². The van der Waals surface area contributed by atoms with Gasteiger partial charge in [-0.05, 0) is 93.3 Å². The number of nitrogens with one attached hydrogen (secondary N) is 1. The van der Waals surface area contributed by atoms with Crippen LogP contribution in [0.2, 0.25) is 0 Å². The summed E-state index contributed by atoms with van der Waals surface area (Å²) in [6, 6.07) is 17.2. The molecule has 2 aromatic rings. The monoisotopic (exact) mass is 444 g/mol. The maximum absolute atomic E-state index is 9.64. The molecule has 0 heterocycles. The fourth-order valence-electron chi connectivity index (χ4n) is 4.33. The fourth-order valence-corrected chi connectivity index (χ4v) is 4.33. The molecule has 2 N–H and O–H groups in total. The van der Waals surface area contributed by atoms with Crippen molar-refractivity contribution < 1.29 is 9.68 Å². The molecule has 0 amide bonds. The second kappa shape index (κ2) is 11.7. The van der Waals surface area contributed by atoms with E-state index in [-0.39, 0.29) is 0 Å². The Morgan fingerprint density at radius 3 is 1.79 bits per heavy atom. The first-order chi connectivity index (χ1) is 16.0. The topological polar surface area (TPSA) is 38.5 Å². The zero-order valence-electron chi connectivity index (χ0n) is 20.7. The van der Waals surface area contributed by atoms with Gasteiger partial charge in [0.1, 0.15) is 19.3 Å². The van der Waals surface area contributed by atoms with Crippen molar-refractivity contribution in [3.05, 3.63) is 89.5 Å². The van der Waals surface area contributed by atoms with Gasteiger partial charge >= 0.3 is 0 Å². The van der Waals surface area contributed by atoms with E-state index in [0.717, 1.165) is 37.4 Å². The molecule has 1 unspecified atom stereocenters. The van der Waals surface area contributed by atoms with Gasteiger partial charge in [0.05, 0.1) is 0 Å². The summed E-state index contributed by atoms with van der Waals surface area (Å²) in [6.45, 7) is 14.5. The molecule has 1 aliphatic carbocycles. The highest BCUT2D eigenvalue weighted by molar-refractivity contribution is 6.04. The van der Waals surface area contributed by atoms with Gasteiger partial charge < -0.3 is 15.3 Å². The maximum Gasteiger partial charge on any atom is 0.199 e. The summed E-state index contributed by atoms with van der Waals surface area (Å²) in [7, 11) is 0. The Bertz CT molecular complexity index is 1010. The number of nitrogens with zero attached hydrogens (tertiary/aromatic N) is 2. The molecule has 4 heteroatoms. The van der Waals surface area contributed by atoms with E-state index in [2.05, 4.69) is 103 Å². The highest BCUT2D eigenvalue weighted by Gasteiger charge is 2.15. The lowest BCUT2D eigenvalue weighted by atomic mass is 9.90. The van der Waals surface area contributed by atoms with Gasteiger partial charge in [0.25, 0.3) is 0 Å². The van der Waals surface area contributed by atoms with E-state index in [4.69, 9.17) is 0 Å². The first kappa shape index (κ1) is 24.5. The third-order valence-electron chi connectivity index (χ3n) is 6.12. The molecule has 0 aromatic heterocycles. The molecule has 0 fully saturated rings. The third-order valence-corrected chi connectivity index (χ3v) is 6.12. The summed E-state index contributed by atoms with van der Waals surface area (Å²) < 4.78 is 2.36. The summed E-state index contributed by atoms with van der Waals surface area (Å²) in [6.07, 6.45) is 8.30. The molecule has 0 aliphatic heterocycles. The average Bonchev–Trinajstić information content (AvgIpc) is 2.83. The lowest BCUT2D eigenvalue weighted by Crippen LogP contribution is -2.21. The Kier molecular flexibility index (Phi) is 8.67. The molecular formula is C29H38N3O+. The lowest BCUT2D eigenvalue weighted by Gasteiger charge is -2.22. The van der Waals surface area contributed by atoms with Crippen molar-refractivity contribution in [2.75, 3.05) is 36.4 Å². The Morgan fingerprint density at radius 2 is 1.33 bits per heavy atom. The van der Waals surface area contributed by atoms with Gasteiger partial charge in [0.2, 0.25) is 0 Å². The number of anilines is 2. The number of aliphatic hydroxyl groups excluding tert-OH is 1. The van der Waals surface area contributed by atoms with E-state index in [1.807, 2.05) is 12.1 Å². The van der Waals surface area contributed by atoms with Crippen LogP contribution in [-0.4, -0.2) is 47.8 Å². The summed E-state index contributed by atoms with van der Waals surface area (Å²) in [5.41, 5.74) is 8.14. The fraction of sp³-hybridized carbons (Fsp3) is 0.345. The first-order valence-electron chi connectivity index (χ1n) is 12.1. The molecule has 4 nitrogen and oxygen atoms in total. The number of rotatable bonds is 9. The Morgan fingerprint density at radius 1 is 0.818 bits per heavy atom. The number of allylic oxidation sites excluding steroid dienone is 5. The quantitative estimate of drug-likeness (QED) is 0.385. The molecule has 3 rings (SSSR count). The average molecular weight is 445 g/mol. The van der Waals surface area contributed by atoms with Crippen LogP contribution in [-0.2, 0) is 0 Å². The van der Waals surface area contributed by atoms with Gasteiger partial charge in [-0.1, -0.05) is 24.3 Å². The smallest absolute Gasteiger partial charge is 0.199 e. The minimum Gasteiger partial charge on any atom is -0.374 e. The molecule has 1 aliphatic rings. The van der Waals surface area contributed by atoms with E-state index in [9.17, 15) is 5.11 Å². The van der Waals surface area contributed by atoms with Crippen molar-refractivity contribution in [3.63, 3.8) is 0 Å². The van der Waals surface area contributed by atoms with Crippen molar-refractivity contribution >= 4 is 22.7 Å². The van der Waals surface area contributed by atoms with Gasteiger partial charge in [-0.2, -0.15) is 0 Å². The van der Waals surface area contributed by atoms with Gasteiger partial charge in [-0.25, -0.2) is 4.58 Å². The normalized spacial score (nSPS) is 13.8. The van der Waals surface area contributed by atoms with Crippen molar-refractivity contribution in [1.29, 1.82) is 0 Å². The van der Waals surface area contributed by atoms with Crippen LogP contribution < -0.4 is 10.2 Å². The minimum atomic E-state index is -0.584. The largest absolute Gasteiger partial charge is 0.374 e. The first-order valence-corrected chi connectivity index (χ1v) is 12.1. The Hall–Kier alpha value is -3.11. The summed E-state index contributed by atoms with van der Waals surface area (Å²) in [4.78, 5) is 2.36. The summed E-state index contributed by atoms with van der Waals surface area (Å²) >= 11 is 0. The van der Waals surface area contributed by atoms with Crippen LogP contribution in [0.15, 0.2) is 78.4 Å². The summed E-state index contributed by atoms with van der Waals surface area (Å²) in [5.74, 6) is 0. The number of hydrogen-bond donors (Lipinski definition) is 2. The van der Waals surface area contributed by atoms with E-state index in [1.165, 1.54) is 28.1 Å². The van der Waals surface area contributed by atoms with Crippen LogP contribution in [0.4, 0.5) is 11.4 Å². The summed E-state index contributed by atoms with van der Waals surface area (Å²) in [5, 5.41) is 12.7. The molecule has 0 saturated carbocycles. The van der Waals surface area contributed by atoms with Crippen LogP contribution in [0.25, 0.3) is 5.57 Å². The van der Waals surface area contributed by atoms with E-state index >= 15 is 0 Å². The van der Waals surface area contributed by atoms with Gasteiger partial charge in [-0.3, -0.25) is 0 Å². The molecule has 1 atom stereocenters. The van der Waals surface area contributed by atoms with E-state index < -0.39 is 6.23 Å². The zero-order chi connectivity index (χ0) is 23.8. The molecular weight excluding hydrogens is 406 g/mol. The second-order valence-corrected chi connectivity index (χ2v) is 8.21. The van der Waals surface area contributed by atoms with Crippen LogP contribution in [0.1, 0.15) is 45.7 Å². The standard InChI is InChI=1S/C29H37N3O/c1-6-31(7-2)27-18-12-24(13-19-27)29(23-10-16-26(17-11-23)30-22(5)33)25-14-20-28(21-15-25)32(8-3)9-4/h10-22,33H,6-9H2,1-5H3/p+1. The molecule has 0 radical (unpaired) electrons. The second-order valence-electron chi connectivity index (χ2n) is 8.21. The van der Waals surface area contributed by atoms with E-state index in [0.29, 0.717) is 0 Å². The van der Waals surface area contributed by atoms with Crippen LogP contribution in [0.3, 0.4) is 0 Å². The third kappa shape index (κ3) is 6.02. The van der Waals surface area contributed by atoms with Crippen LogP contribution >= 0.6 is 0 Å². The van der Waals surface area contributed by atoms with Crippen LogP contribution in [0, 0.1) is 0 Å². The molecule has 0 saturated heterocycles. The van der Waals surface area contributed by atoms with Crippen molar-refractivity contribution in [3.8, 4) is 0 Å². The Balaban J connectivity index is 2.07. The molecule has 2 aromatic carbocycles. The zero-order valence-corrected chi connectivity index (χ0v) is 20.7. The number of aliphatic hydroxyl groups is 1. The van der Waals surface area contributed by atoms with Gasteiger partial charge in [0, 0.05) is 36.6 Å².